The summed E-state index contributed by atoms with van der Waals surface area (Å²) in [5.74, 6) is 0.632. The molecule has 72 valence electrons. The topological polar surface area (TPSA) is 12.9 Å². The molecule has 0 radical (unpaired) electrons. The Morgan fingerprint density at radius 2 is 1.92 bits per heavy atom. The molecule has 1 rings (SSSR count). The van der Waals surface area contributed by atoms with Gasteiger partial charge in [0.25, 0.3) is 0 Å². The van der Waals surface area contributed by atoms with Gasteiger partial charge in [-0.2, -0.15) is 0 Å². The molecule has 1 heterocycles. The molecule has 0 saturated heterocycles. The molecule has 0 aromatic carbocycles. The van der Waals surface area contributed by atoms with Crippen molar-refractivity contribution in [3.05, 3.63) is 28.6 Å². The van der Waals surface area contributed by atoms with E-state index in [1.807, 2.05) is 0 Å². The molecule has 0 bridgehead atoms. The molecule has 1 heteroatoms. The van der Waals surface area contributed by atoms with E-state index in [-0.39, 0.29) is 0 Å². The van der Waals surface area contributed by atoms with Gasteiger partial charge in [-0.15, -0.1) is 0 Å². The van der Waals surface area contributed by atoms with E-state index in [0.717, 1.165) is 5.69 Å². The fraction of sp³-hybridized carbons (Fsp3) is 0.583. The first-order valence-corrected chi connectivity index (χ1v) is 5.01. The summed E-state index contributed by atoms with van der Waals surface area (Å²) >= 11 is 0. The molecule has 0 amide bonds. The lowest BCUT2D eigenvalue weighted by molar-refractivity contribution is 0.715. The Morgan fingerprint density at radius 3 is 2.38 bits per heavy atom. The Bertz CT molecular complexity index is 279. The maximum atomic E-state index is 4.50. The van der Waals surface area contributed by atoms with Gasteiger partial charge in [0.15, 0.2) is 0 Å². The maximum Gasteiger partial charge on any atom is 0.0413 e. The van der Waals surface area contributed by atoms with Crippen LogP contribution in [0.2, 0.25) is 0 Å². The molecule has 13 heavy (non-hydrogen) atoms. The van der Waals surface area contributed by atoms with Crippen LogP contribution in [0.3, 0.4) is 0 Å². The van der Waals surface area contributed by atoms with E-state index >= 15 is 0 Å². The van der Waals surface area contributed by atoms with Crippen LogP contribution in [0.4, 0.5) is 0 Å². The minimum atomic E-state index is 0.632. The van der Waals surface area contributed by atoms with E-state index in [1.54, 1.807) is 0 Å². The van der Waals surface area contributed by atoms with Gasteiger partial charge in [0.1, 0.15) is 0 Å². The van der Waals surface area contributed by atoms with Gasteiger partial charge < -0.3 is 0 Å². The molecule has 1 unspecified atom stereocenters. The van der Waals surface area contributed by atoms with Crippen LogP contribution >= 0.6 is 0 Å². The third kappa shape index (κ3) is 2.09. The molecule has 0 spiro atoms. The lowest BCUT2D eigenvalue weighted by Crippen LogP contribution is -2.02. The van der Waals surface area contributed by atoms with E-state index < -0.39 is 0 Å². The monoisotopic (exact) mass is 177 g/mol. The summed E-state index contributed by atoms with van der Waals surface area (Å²) in [6.07, 6.45) is 1.19. The summed E-state index contributed by atoms with van der Waals surface area (Å²) in [5, 5.41) is 0. The lowest BCUT2D eigenvalue weighted by atomic mass is 9.93. The van der Waals surface area contributed by atoms with E-state index in [9.17, 15) is 0 Å². The molecule has 1 aromatic rings. The van der Waals surface area contributed by atoms with Gasteiger partial charge in [-0.05, 0) is 50.3 Å². The van der Waals surface area contributed by atoms with Crippen LogP contribution in [0.5, 0.6) is 0 Å². The molecule has 0 aliphatic heterocycles. The van der Waals surface area contributed by atoms with E-state index in [2.05, 4.69) is 45.7 Å². The minimum absolute atomic E-state index is 0.632. The summed E-state index contributed by atoms with van der Waals surface area (Å²) < 4.78 is 0. The van der Waals surface area contributed by atoms with Crippen molar-refractivity contribution < 1.29 is 0 Å². The predicted molar refractivity (Wildman–Crippen MR) is 57.2 cm³/mol. The zero-order valence-corrected chi connectivity index (χ0v) is 9.31. The first-order chi connectivity index (χ1) is 6.06. The Labute approximate surface area is 81.2 Å². The van der Waals surface area contributed by atoms with Crippen molar-refractivity contribution in [1.29, 1.82) is 0 Å². The fourth-order valence-corrected chi connectivity index (χ4v) is 1.98. The van der Waals surface area contributed by atoms with Crippen molar-refractivity contribution in [2.75, 3.05) is 0 Å². The smallest absolute Gasteiger partial charge is 0.0413 e. The van der Waals surface area contributed by atoms with Crippen LogP contribution in [-0.2, 0) is 0 Å². The average Bonchev–Trinajstić information content (AvgIpc) is 2.02. The average molecular weight is 177 g/mol. The van der Waals surface area contributed by atoms with Crippen LogP contribution in [0.1, 0.15) is 48.7 Å². The number of aryl methyl sites for hydroxylation is 3. The van der Waals surface area contributed by atoms with Crippen molar-refractivity contribution in [2.24, 2.45) is 0 Å². The van der Waals surface area contributed by atoms with E-state index in [1.165, 1.54) is 23.2 Å². The third-order valence-electron chi connectivity index (χ3n) is 2.69. The molecule has 1 nitrogen and oxygen atoms in total. The summed E-state index contributed by atoms with van der Waals surface area (Å²) in [7, 11) is 0. The van der Waals surface area contributed by atoms with Gasteiger partial charge in [0, 0.05) is 11.4 Å². The fourth-order valence-electron chi connectivity index (χ4n) is 1.98. The van der Waals surface area contributed by atoms with Gasteiger partial charge in [-0.1, -0.05) is 13.8 Å². The third-order valence-corrected chi connectivity index (χ3v) is 2.69. The first-order valence-electron chi connectivity index (χ1n) is 5.01. The SMILES string of the molecule is CCC(C)c1c(C)cc(C)nc1C. The van der Waals surface area contributed by atoms with Crippen LogP contribution in [0, 0.1) is 20.8 Å². The van der Waals surface area contributed by atoms with Crippen molar-refractivity contribution in [1.82, 2.24) is 4.98 Å². The molecule has 0 saturated carbocycles. The highest BCUT2D eigenvalue weighted by Gasteiger charge is 2.10. The van der Waals surface area contributed by atoms with Gasteiger partial charge in [0.2, 0.25) is 0 Å². The van der Waals surface area contributed by atoms with Crippen LogP contribution < -0.4 is 0 Å². The highest BCUT2D eigenvalue weighted by Crippen LogP contribution is 2.25. The van der Waals surface area contributed by atoms with Crippen molar-refractivity contribution in [3.63, 3.8) is 0 Å². The summed E-state index contributed by atoms with van der Waals surface area (Å²) in [5.41, 5.74) is 5.15. The second kappa shape index (κ2) is 3.91. The highest BCUT2D eigenvalue weighted by molar-refractivity contribution is 5.33. The Kier molecular flexibility index (Phi) is 3.07. The van der Waals surface area contributed by atoms with E-state index in [4.69, 9.17) is 0 Å². The first kappa shape index (κ1) is 10.2. The van der Waals surface area contributed by atoms with Crippen molar-refractivity contribution in [3.8, 4) is 0 Å². The summed E-state index contributed by atoms with van der Waals surface area (Å²) in [6, 6.07) is 2.18. The maximum absolute atomic E-state index is 4.50. The highest BCUT2D eigenvalue weighted by atomic mass is 14.7. The Balaban J connectivity index is 3.20. The summed E-state index contributed by atoms with van der Waals surface area (Å²) in [6.45, 7) is 10.8. The normalized spacial score (nSPS) is 13.0. The molecule has 0 aliphatic rings. The van der Waals surface area contributed by atoms with Gasteiger partial charge >= 0.3 is 0 Å². The van der Waals surface area contributed by atoms with E-state index in [0.29, 0.717) is 5.92 Å². The predicted octanol–water partition coefficient (Wildman–Crippen LogP) is 3.52. The number of rotatable bonds is 2. The molecule has 1 aromatic heterocycles. The zero-order valence-electron chi connectivity index (χ0n) is 9.31. The Hall–Kier alpha value is -0.850. The molecule has 0 N–H and O–H groups in total. The van der Waals surface area contributed by atoms with Crippen molar-refractivity contribution >= 4 is 0 Å². The lowest BCUT2D eigenvalue weighted by Gasteiger charge is -2.15. The molecule has 0 fully saturated rings. The molecular formula is C12H19N. The Morgan fingerprint density at radius 1 is 1.31 bits per heavy atom. The quantitative estimate of drug-likeness (QED) is 0.673. The van der Waals surface area contributed by atoms with Gasteiger partial charge in [-0.3, -0.25) is 4.98 Å². The number of aromatic nitrogens is 1. The number of hydrogen-bond donors (Lipinski definition) is 0. The number of hydrogen-bond acceptors (Lipinski definition) is 1. The largest absolute Gasteiger partial charge is 0.258 e. The van der Waals surface area contributed by atoms with Crippen LogP contribution in [0.15, 0.2) is 6.07 Å². The minimum Gasteiger partial charge on any atom is -0.258 e. The standard InChI is InChI=1S/C12H19N/c1-6-8(2)12-9(3)7-10(4)13-11(12)5/h7-8H,6H2,1-5H3. The number of pyridine rings is 1. The van der Waals surface area contributed by atoms with Crippen LogP contribution in [0.25, 0.3) is 0 Å². The second-order valence-electron chi connectivity index (χ2n) is 3.89. The molecular weight excluding hydrogens is 158 g/mol. The van der Waals surface area contributed by atoms with Crippen LogP contribution in [-0.4, -0.2) is 4.98 Å². The van der Waals surface area contributed by atoms with Gasteiger partial charge in [-0.25, -0.2) is 0 Å². The second-order valence-corrected chi connectivity index (χ2v) is 3.89. The molecule has 1 atom stereocenters. The van der Waals surface area contributed by atoms with Crippen molar-refractivity contribution in [2.45, 2.75) is 47.0 Å². The summed E-state index contributed by atoms with van der Waals surface area (Å²) in [4.78, 5) is 4.50. The number of nitrogens with zero attached hydrogens (tertiary/aromatic N) is 1. The zero-order chi connectivity index (χ0) is 10.0. The molecule has 0 aliphatic carbocycles. The van der Waals surface area contributed by atoms with Gasteiger partial charge in [0.05, 0.1) is 0 Å².